The molecule has 2 rings (SSSR count). The summed E-state index contributed by atoms with van der Waals surface area (Å²) in [5.74, 6) is 0.225. The molecule has 0 saturated heterocycles. The molecule has 2 aromatic carbocycles. The summed E-state index contributed by atoms with van der Waals surface area (Å²) >= 11 is 0. The highest BCUT2D eigenvalue weighted by Crippen LogP contribution is 2.48. The Labute approximate surface area is 198 Å². The molecule has 184 valence electrons. The first kappa shape index (κ1) is 27.3. The van der Waals surface area contributed by atoms with Crippen LogP contribution in [0.2, 0.25) is 0 Å². The molecule has 0 aliphatic carbocycles. The second-order valence-electron chi connectivity index (χ2n) is 6.59. The van der Waals surface area contributed by atoms with Crippen LogP contribution < -0.4 is 10.2 Å². The van der Waals surface area contributed by atoms with Gasteiger partial charge in [-0.15, -0.1) is 0 Å². The van der Waals surface area contributed by atoms with Crippen LogP contribution in [0.3, 0.4) is 0 Å². The van der Waals surface area contributed by atoms with Gasteiger partial charge >= 0.3 is 13.2 Å². The second-order valence-corrected chi connectivity index (χ2v) is 10.3. The van der Waals surface area contributed by atoms with Crippen molar-refractivity contribution in [1.82, 2.24) is 9.79 Å². The minimum atomic E-state index is -4.19. The fourth-order valence-electron chi connectivity index (χ4n) is 2.68. The van der Waals surface area contributed by atoms with Gasteiger partial charge in [-0.05, 0) is 48.1 Å². The van der Waals surface area contributed by atoms with Crippen molar-refractivity contribution in [3.05, 3.63) is 71.1 Å². The molecule has 0 aromatic heterocycles. The Kier molecular flexibility index (Phi) is 10.5. The Morgan fingerprint density at radius 1 is 1.09 bits per heavy atom. The van der Waals surface area contributed by atoms with Gasteiger partial charge in [0, 0.05) is 11.5 Å². The lowest BCUT2D eigenvalue weighted by Gasteiger charge is -2.25. The van der Waals surface area contributed by atoms with E-state index in [1.165, 1.54) is 12.1 Å². The van der Waals surface area contributed by atoms with Gasteiger partial charge in [-0.2, -0.15) is 0 Å². The third-order valence-electron chi connectivity index (χ3n) is 4.17. The number of amides is 1. The number of nitrogens with one attached hydrogen (secondary N) is 1. The highest BCUT2D eigenvalue weighted by atomic mass is 32.2. The Balaban J connectivity index is 2.28. The number of nitrogens with zero attached hydrogens (tertiary/aromatic N) is 4. The molecule has 0 heterocycles. The monoisotopic (exact) mass is 511 g/mol. The van der Waals surface area contributed by atoms with Crippen molar-refractivity contribution < 1.29 is 31.7 Å². The van der Waals surface area contributed by atoms with Gasteiger partial charge in [-0.3, -0.25) is 4.79 Å². The Bertz CT molecular complexity index is 1120. The van der Waals surface area contributed by atoms with Crippen molar-refractivity contribution in [1.29, 1.82) is 0 Å². The minimum Gasteiger partial charge on any atom is -0.391 e. The van der Waals surface area contributed by atoms with Gasteiger partial charge in [0.25, 0.3) is 10.0 Å². The first-order chi connectivity index (χ1) is 16.3. The molecule has 0 spiro atoms. The van der Waals surface area contributed by atoms with Crippen LogP contribution in [-0.4, -0.2) is 50.9 Å². The Hall–Kier alpha value is -2.92. The molecule has 12 nitrogen and oxygen atoms in total. The first-order valence-electron chi connectivity index (χ1n) is 10.3. The molecule has 14 heteroatoms. The van der Waals surface area contributed by atoms with Crippen molar-refractivity contribution in [2.45, 2.75) is 24.8 Å². The normalized spacial score (nSPS) is 12.6. The highest BCUT2D eigenvalue weighted by Gasteiger charge is 2.35. The number of carbonyl (C=O) groups is 1. The molecule has 0 aliphatic rings. The lowest BCUT2D eigenvalue weighted by molar-refractivity contribution is 0.0309. The van der Waals surface area contributed by atoms with E-state index in [1.807, 2.05) is 0 Å². The summed E-state index contributed by atoms with van der Waals surface area (Å²) in [6, 6.07) is 14.6. The van der Waals surface area contributed by atoms with Gasteiger partial charge in [-0.25, -0.2) is 13.0 Å². The fraction of sp³-hybridized carbons (Fsp3) is 0.350. The third kappa shape index (κ3) is 7.56. The number of para-hydroxylation sites is 1. The smallest absolute Gasteiger partial charge is 0.391 e. The lowest BCUT2D eigenvalue weighted by atomic mass is 10.3. The van der Waals surface area contributed by atoms with Gasteiger partial charge < -0.3 is 19.2 Å². The van der Waals surface area contributed by atoms with Gasteiger partial charge in [0.1, 0.15) is 5.75 Å². The predicted octanol–water partition coefficient (Wildman–Crippen LogP) is 4.33. The van der Waals surface area contributed by atoms with Crippen molar-refractivity contribution >= 4 is 23.3 Å². The molecule has 2 aromatic rings. The average molecular weight is 511 g/mol. The van der Waals surface area contributed by atoms with Crippen LogP contribution in [0, 0.1) is 0 Å². The quantitative estimate of drug-likeness (QED) is 0.130. The van der Waals surface area contributed by atoms with Crippen molar-refractivity contribution in [3.63, 3.8) is 0 Å². The van der Waals surface area contributed by atoms with E-state index in [-0.39, 0.29) is 30.4 Å². The average Bonchev–Trinajstić information content (AvgIpc) is 2.83. The van der Waals surface area contributed by atoms with Crippen LogP contribution in [0.4, 0.5) is 4.79 Å². The summed E-state index contributed by atoms with van der Waals surface area (Å²) in [5, 5.41) is 5.91. The van der Waals surface area contributed by atoms with E-state index >= 15 is 0 Å². The van der Waals surface area contributed by atoms with Gasteiger partial charge in [0.2, 0.25) is 0 Å². The molecule has 1 N–H and O–H groups in total. The molecule has 1 unspecified atom stereocenters. The number of rotatable bonds is 14. The van der Waals surface area contributed by atoms with Crippen LogP contribution in [0.25, 0.3) is 10.4 Å². The van der Waals surface area contributed by atoms with Crippen LogP contribution in [-0.2, 0) is 23.6 Å². The fourth-order valence-corrected chi connectivity index (χ4v) is 5.24. The molecule has 0 saturated carbocycles. The predicted molar refractivity (Wildman–Crippen MR) is 125 cm³/mol. The topological polar surface area (TPSA) is 160 Å². The van der Waals surface area contributed by atoms with E-state index in [2.05, 4.69) is 15.3 Å². The summed E-state index contributed by atoms with van der Waals surface area (Å²) in [5.41, 5.74) is 7.95. The molecule has 1 atom stereocenters. The van der Waals surface area contributed by atoms with Crippen LogP contribution in [0.15, 0.2) is 70.7 Å². The minimum absolute atomic E-state index is 0.0293. The molecular formula is C20H26N5O7PS. The van der Waals surface area contributed by atoms with Gasteiger partial charge in [0.15, 0.2) is 0 Å². The maximum atomic E-state index is 13.2. The summed E-state index contributed by atoms with van der Waals surface area (Å²) < 4.78 is 49.7. The van der Waals surface area contributed by atoms with Crippen molar-refractivity contribution in [2.24, 2.45) is 5.11 Å². The second kappa shape index (κ2) is 13.1. The molecule has 0 bridgehead atoms. The SMILES string of the molecule is CCOP(=O)(OCC)C(=O)NCC(CN(Oc1ccccc1)S(=O)(=O)c1ccccc1)N=[N+]=[N-]. The number of benzene rings is 2. The molecule has 0 aliphatic heterocycles. The zero-order valence-electron chi connectivity index (χ0n) is 18.7. The Morgan fingerprint density at radius 2 is 1.65 bits per heavy atom. The van der Waals surface area contributed by atoms with Crippen molar-refractivity contribution in [2.75, 3.05) is 26.3 Å². The van der Waals surface area contributed by atoms with E-state index in [0.29, 0.717) is 4.47 Å². The van der Waals surface area contributed by atoms with Crippen LogP contribution >= 0.6 is 7.60 Å². The zero-order valence-corrected chi connectivity index (χ0v) is 20.4. The lowest BCUT2D eigenvalue weighted by Crippen LogP contribution is -2.43. The number of sulfonamides is 1. The summed E-state index contributed by atoms with van der Waals surface area (Å²) in [4.78, 5) is 20.7. The summed E-state index contributed by atoms with van der Waals surface area (Å²) in [7, 11) is -8.29. The summed E-state index contributed by atoms with van der Waals surface area (Å²) in [6.07, 6.45) is 0. The van der Waals surface area contributed by atoms with Crippen molar-refractivity contribution in [3.8, 4) is 5.75 Å². The van der Waals surface area contributed by atoms with E-state index in [9.17, 15) is 17.8 Å². The van der Waals surface area contributed by atoms with E-state index in [0.717, 1.165) is 0 Å². The zero-order chi connectivity index (χ0) is 25.0. The standard InChI is InChI=1S/C20H26N5O7PS/c1-3-30-33(27,31-4-2)20(26)22-15-17(23-24-21)16-25(32-18-11-7-5-8-12-18)34(28,29)19-13-9-6-10-14-19/h5-14,17H,3-4,15-16H2,1-2H3,(H,22,26). The molecular weight excluding hydrogens is 485 g/mol. The van der Waals surface area contributed by atoms with E-state index in [1.54, 1.807) is 62.4 Å². The highest BCUT2D eigenvalue weighted by molar-refractivity contribution is 7.89. The van der Waals surface area contributed by atoms with Crippen LogP contribution in [0.5, 0.6) is 5.75 Å². The van der Waals surface area contributed by atoms with E-state index in [4.69, 9.17) is 19.4 Å². The van der Waals surface area contributed by atoms with E-state index < -0.39 is 35.9 Å². The third-order valence-corrected chi connectivity index (χ3v) is 7.65. The maximum Gasteiger partial charge on any atom is 0.418 e. The molecule has 1 amide bonds. The van der Waals surface area contributed by atoms with Gasteiger partial charge in [0.05, 0.1) is 30.7 Å². The summed E-state index contributed by atoms with van der Waals surface area (Å²) in [6.45, 7) is 2.23. The molecule has 0 fully saturated rings. The largest absolute Gasteiger partial charge is 0.418 e. The van der Waals surface area contributed by atoms with Crippen LogP contribution in [0.1, 0.15) is 13.8 Å². The molecule has 0 radical (unpaired) electrons. The number of hydrogen-bond donors (Lipinski definition) is 1. The number of hydrogen-bond acceptors (Lipinski definition) is 8. The maximum absolute atomic E-state index is 13.2. The molecule has 34 heavy (non-hydrogen) atoms. The Morgan fingerprint density at radius 3 is 2.18 bits per heavy atom. The van der Waals surface area contributed by atoms with Gasteiger partial charge in [-0.1, -0.05) is 41.5 Å². The number of carbonyl (C=O) groups excluding carboxylic acids is 1. The number of azide groups is 1. The first-order valence-corrected chi connectivity index (χ1v) is 13.3. The number of hydroxylamine groups is 1.